The zero-order chi connectivity index (χ0) is 26.2. The molecule has 35 heavy (non-hydrogen) atoms. The lowest BCUT2D eigenvalue weighted by Crippen LogP contribution is -2.53. The Balaban J connectivity index is 2.47. The van der Waals surface area contributed by atoms with Crippen molar-refractivity contribution in [3.05, 3.63) is 65.7 Å². The highest BCUT2D eigenvalue weighted by Gasteiger charge is 2.33. The third-order valence-corrected chi connectivity index (χ3v) is 7.56. The molecule has 0 aliphatic heterocycles. The van der Waals surface area contributed by atoms with Gasteiger partial charge in [-0.15, -0.1) is 0 Å². The molecular formula is C26H38N4O4S. The van der Waals surface area contributed by atoms with E-state index in [1.807, 2.05) is 52.0 Å². The monoisotopic (exact) mass is 502 g/mol. The van der Waals surface area contributed by atoms with Gasteiger partial charge in [-0.3, -0.25) is 9.59 Å². The molecule has 1 N–H and O–H groups in total. The van der Waals surface area contributed by atoms with Gasteiger partial charge in [-0.2, -0.15) is 12.7 Å². The van der Waals surface area contributed by atoms with Crippen LogP contribution in [0.5, 0.6) is 0 Å². The number of carbonyl (C=O) groups excluding carboxylic acids is 2. The van der Waals surface area contributed by atoms with Gasteiger partial charge >= 0.3 is 10.2 Å². The van der Waals surface area contributed by atoms with Gasteiger partial charge in [0, 0.05) is 27.2 Å². The highest BCUT2D eigenvalue weighted by Crippen LogP contribution is 2.21. The molecule has 0 aliphatic carbocycles. The van der Waals surface area contributed by atoms with Gasteiger partial charge in [0.2, 0.25) is 11.8 Å². The number of rotatable bonds is 12. The third kappa shape index (κ3) is 7.53. The van der Waals surface area contributed by atoms with Crippen LogP contribution in [-0.4, -0.2) is 62.7 Å². The van der Waals surface area contributed by atoms with E-state index in [0.29, 0.717) is 18.7 Å². The lowest BCUT2D eigenvalue weighted by molar-refractivity contribution is -0.140. The summed E-state index contributed by atoms with van der Waals surface area (Å²) in [6, 6.07) is 15.4. The van der Waals surface area contributed by atoms with Crippen LogP contribution in [0.2, 0.25) is 0 Å². The number of anilines is 1. The van der Waals surface area contributed by atoms with Crippen LogP contribution in [-0.2, 0) is 26.3 Å². The first-order valence-electron chi connectivity index (χ1n) is 11.9. The summed E-state index contributed by atoms with van der Waals surface area (Å²) in [6.07, 6.45) is 0.396. The number of aryl methyl sites for hydroxylation is 1. The number of hydrogen-bond acceptors (Lipinski definition) is 4. The predicted octanol–water partition coefficient (Wildman–Crippen LogP) is 3.19. The van der Waals surface area contributed by atoms with Crippen molar-refractivity contribution in [1.29, 1.82) is 0 Å². The summed E-state index contributed by atoms with van der Waals surface area (Å²) in [6.45, 7) is 8.07. The molecule has 0 fully saturated rings. The predicted molar refractivity (Wildman–Crippen MR) is 140 cm³/mol. The number of para-hydroxylation sites is 1. The molecule has 0 aromatic heterocycles. The Morgan fingerprint density at radius 1 is 0.971 bits per heavy atom. The molecular weight excluding hydrogens is 464 g/mol. The lowest BCUT2D eigenvalue weighted by Gasteiger charge is -2.34. The summed E-state index contributed by atoms with van der Waals surface area (Å²) >= 11 is 0. The highest BCUT2D eigenvalue weighted by molar-refractivity contribution is 7.90. The fourth-order valence-electron chi connectivity index (χ4n) is 3.62. The Labute approximate surface area is 210 Å². The van der Waals surface area contributed by atoms with Crippen molar-refractivity contribution in [3.8, 4) is 0 Å². The number of nitrogens with one attached hydrogen (secondary N) is 1. The molecule has 2 aromatic rings. The summed E-state index contributed by atoms with van der Waals surface area (Å²) in [5.74, 6) is -0.435. The standard InChI is InChI=1S/C26H38N4O4S/c1-7-24(26(32)27-17-20(2)3)29(18-22-14-12-11-13-21(22)4)25(31)19-30(35(33,34)28(5)6)23-15-9-8-10-16-23/h8-16,20,24H,7,17-19H2,1-6H3,(H,27,32). The summed E-state index contributed by atoms with van der Waals surface area (Å²) in [4.78, 5) is 28.4. The molecule has 9 heteroatoms. The minimum atomic E-state index is -3.96. The SMILES string of the molecule is CCC(C(=O)NCC(C)C)N(Cc1ccccc1C)C(=O)CN(c1ccccc1)S(=O)(=O)N(C)C. The van der Waals surface area contributed by atoms with Crippen molar-refractivity contribution in [1.82, 2.24) is 14.5 Å². The van der Waals surface area contributed by atoms with Crippen LogP contribution in [0.1, 0.15) is 38.3 Å². The maximum absolute atomic E-state index is 13.8. The summed E-state index contributed by atoms with van der Waals surface area (Å²) in [7, 11) is -1.11. The quantitative estimate of drug-likeness (QED) is 0.483. The lowest BCUT2D eigenvalue weighted by atomic mass is 10.1. The van der Waals surface area contributed by atoms with Crippen LogP contribution in [0.4, 0.5) is 5.69 Å². The maximum atomic E-state index is 13.8. The first-order valence-corrected chi connectivity index (χ1v) is 13.3. The van der Waals surface area contributed by atoms with Gasteiger partial charge in [0.1, 0.15) is 12.6 Å². The van der Waals surface area contributed by atoms with Crippen molar-refractivity contribution in [3.63, 3.8) is 0 Å². The summed E-state index contributed by atoms with van der Waals surface area (Å²) in [5, 5.41) is 2.93. The molecule has 8 nitrogen and oxygen atoms in total. The molecule has 1 unspecified atom stereocenters. The minimum Gasteiger partial charge on any atom is -0.354 e. The van der Waals surface area contributed by atoms with Crippen molar-refractivity contribution >= 4 is 27.7 Å². The molecule has 192 valence electrons. The van der Waals surface area contributed by atoms with E-state index in [2.05, 4.69) is 5.32 Å². The largest absolute Gasteiger partial charge is 0.354 e. The molecule has 2 aromatic carbocycles. The molecule has 0 aliphatic rings. The molecule has 0 saturated carbocycles. The van der Waals surface area contributed by atoms with Gasteiger partial charge in [-0.1, -0.05) is 63.2 Å². The number of benzene rings is 2. The van der Waals surface area contributed by atoms with Crippen LogP contribution in [0.3, 0.4) is 0 Å². The first-order chi connectivity index (χ1) is 16.5. The van der Waals surface area contributed by atoms with E-state index in [1.54, 1.807) is 30.3 Å². The second-order valence-corrected chi connectivity index (χ2v) is 11.2. The molecule has 0 spiro atoms. The van der Waals surface area contributed by atoms with Gasteiger partial charge in [0.15, 0.2) is 0 Å². The van der Waals surface area contributed by atoms with E-state index in [1.165, 1.54) is 19.0 Å². The first kappa shape index (κ1) is 28.3. The molecule has 2 rings (SSSR count). The van der Waals surface area contributed by atoms with E-state index in [9.17, 15) is 18.0 Å². The smallest absolute Gasteiger partial charge is 0.304 e. The van der Waals surface area contributed by atoms with Crippen molar-refractivity contribution in [2.24, 2.45) is 5.92 Å². The van der Waals surface area contributed by atoms with Crippen LogP contribution >= 0.6 is 0 Å². The fourth-order valence-corrected chi connectivity index (χ4v) is 4.68. The molecule has 0 heterocycles. The Hall–Kier alpha value is -2.91. The number of nitrogens with zero attached hydrogens (tertiary/aromatic N) is 3. The zero-order valence-electron chi connectivity index (χ0n) is 21.6. The molecule has 2 amide bonds. The van der Waals surface area contributed by atoms with Gasteiger partial charge in [-0.25, -0.2) is 4.31 Å². The van der Waals surface area contributed by atoms with Crippen LogP contribution in [0.15, 0.2) is 54.6 Å². The summed E-state index contributed by atoms with van der Waals surface area (Å²) in [5.41, 5.74) is 2.27. The van der Waals surface area contributed by atoms with E-state index < -0.39 is 28.7 Å². The Kier molecular flexibility index (Phi) is 10.3. The maximum Gasteiger partial charge on any atom is 0.304 e. The normalized spacial score (nSPS) is 12.5. The van der Waals surface area contributed by atoms with E-state index in [4.69, 9.17) is 0 Å². The van der Waals surface area contributed by atoms with Gasteiger partial charge in [0.05, 0.1) is 5.69 Å². The zero-order valence-corrected chi connectivity index (χ0v) is 22.4. The van der Waals surface area contributed by atoms with Crippen molar-refractivity contribution < 1.29 is 18.0 Å². The van der Waals surface area contributed by atoms with Crippen LogP contribution in [0.25, 0.3) is 0 Å². The summed E-state index contributed by atoms with van der Waals surface area (Å²) < 4.78 is 28.5. The Morgan fingerprint density at radius 3 is 2.11 bits per heavy atom. The van der Waals surface area contributed by atoms with E-state index >= 15 is 0 Å². The van der Waals surface area contributed by atoms with E-state index in [0.717, 1.165) is 19.7 Å². The topological polar surface area (TPSA) is 90.0 Å². The van der Waals surface area contributed by atoms with Gasteiger partial charge in [0.25, 0.3) is 0 Å². The third-order valence-electron chi connectivity index (χ3n) is 5.74. The molecule has 0 saturated heterocycles. The van der Waals surface area contributed by atoms with Crippen molar-refractivity contribution in [2.75, 3.05) is 31.5 Å². The minimum absolute atomic E-state index is 0.198. The van der Waals surface area contributed by atoms with Gasteiger partial charge in [-0.05, 0) is 42.5 Å². The molecule has 1 atom stereocenters. The Bertz CT molecular complexity index is 1090. The second-order valence-electron chi connectivity index (χ2n) is 9.14. The van der Waals surface area contributed by atoms with E-state index in [-0.39, 0.29) is 18.4 Å². The second kappa shape index (κ2) is 12.7. The van der Waals surface area contributed by atoms with Gasteiger partial charge < -0.3 is 10.2 Å². The molecule has 0 radical (unpaired) electrons. The van der Waals surface area contributed by atoms with Crippen LogP contribution < -0.4 is 9.62 Å². The number of hydrogen-bond donors (Lipinski definition) is 1. The fraction of sp³-hybridized carbons (Fsp3) is 0.462. The highest BCUT2D eigenvalue weighted by atomic mass is 32.2. The van der Waals surface area contributed by atoms with Crippen LogP contribution in [0, 0.1) is 12.8 Å². The number of amides is 2. The Morgan fingerprint density at radius 2 is 1.57 bits per heavy atom. The van der Waals surface area contributed by atoms with Crippen molar-refractivity contribution in [2.45, 2.75) is 46.7 Å². The average Bonchev–Trinajstić information content (AvgIpc) is 2.82. The molecule has 0 bridgehead atoms. The number of carbonyl (C=O) groups is 2. The average molecular weight is 503 g/mol.